The van der Waals surface area contributed by atoms with Gasteiger partial charge < -0.3 is 15.4 Å². The Morgan fingerprint density at radius 3 is 2.61 bits per heavy atom. The standard InChI is InChI=1S/C24H19N7O2/c1-33-19-9-5-8-18(15-19)27-24(32)16-12-13-25-20(14-16)23-29-28-22-11-10-21(30-31(22)23)26-17-6-3-2-4-7-17/h2-15H,1H3,(H,26,30)(H,27,32). The summed E-state index contributed by atoms with van der Waals surface area (Å²) in [7, 11) is 1.58. The summed E-state index contributed by atoms with van der Waals surface area (Å²) in [5.41, 5.74) is 3.01. The van der Waals surface area contributed by atoms with Gasteiger partial charge in [0.1, 0.15) is 11.4 Å². The number of hydrogen-bond acceptors (Lipinski definition) is 7. The maximum Gasteiger partial charge on any atom is 0.255 e. The molecule has 0 aliphatic rings. The molecule has 0 aliphatic carbocycles. The third kappa shape index (κ3) is 4.33. The first-order chi connectivity index (χ1) is 16.2. The smallest absolute Gasteiger partial charge is 0.255 e. The molecule has 0 spiro atoms. The average Bonchev–Trinajstić information content (AvgIpc) is 3.28. The zero-order chi connectivity index (χ0) is 22.6. The average molecular weight is 437 g/mol. The van der Waals surface area contributed by atoms with Crippen molar-refractivity contribution in [3.63, 3.8) is 0 Å². The number of nitrogens with zero attached hydrogens (tertiary/aromatic N) is 5. The fraction of sp³-hybridized carbons (Fsp3) is 0.0417. The summed E-state index contributed by atoms with van der Waals surface area (Å²) in [5.74, 6) is 1.43. The van der Waals surface area contributed by atoms with E-state index in [4.69, 9.17) is 4.74 Å². The van der Waals surface area contributed by atoms with E-state index < -0.39 is 0 Å². The van der Waals surface area contributed by atoms with Gasteiger partial charge in [-0.2, -0.15) is 4.52 Å². The number of amides is 1. The topological polar surface area (TPSA) is 106 Å². The number of methoxy groups -OCH3 is 1. The number of carbonyl (C=O) groups is 1. The lowest BCUT2D eigenvalue weighted by atomic mass is 10.2. The Morgan fingerprint density at radius 1 is 0.909 bits per heavy atom. The number of aromatic nitrogens is 5. The minimum absolute atomic E-state index is 0.278. The number of fused-ring (bicyclic) bond motifs is 1. The zero-order valence-corrected chi connectivity index (χ0v) is 17.6. The van der Waals surface area contributed by atoms with Gasteiger partial charge >= 0.3 is 0 Å². The van der Waals surface area contributed by atoms with Crippen LogP contribution in [-0.4, -0.2) is 37.8 Å². The van der Waals surface area contributed by atoms with E-state index in [9.17, 15) is 4.79 Å². The molecular formula is C24H19N7O2. The summed E-state index contributed by atoms with van der Waals surface area (Å²) < 4.78 is 6.80. The molecular weight excluding hydrogens is 418 g/mol. The predicted octanol–water partition coefficient (Wildman–Crippen LogP) is 4.19. The molecule has 0 bridgehead atoms. The number of benzene rings is 2. The van der Waals surface area contributed by atoms with Crippen molar-refractivity contribution in [2.24, 2.45) is 0 Å². The molecule has 0 radical (unpaired) electrons. The Hall–Kier alpha value is -4.79. The minimum atomic E-state index is -0.278. The van der Waals surface area contributed by atoms with Crippen molar-refractivity contribution in [2.45, 2.75) is 0 Å². The van der Waals surface area contributed by atoms with Crippen molar-refractivity contribution in [1.82, 2.24) is 24.8 Å². The quantitative estimate of drug-likeness (QED) is 0.410. The lowest BCUT2D eigenvalue weighted by Crippen LogP contribution is -2.12. The molecule has 33 heavy (non-hydrogen) atoms. The fourth-order valence-corrected chi connectivity index (χ4v) is 3.28. The van der Waals surface area contributed by atoms with Crippen molar-refractivity contribution < 1.29 is 9.53 Å². The highest BCUT2D eigenvalue weighted by atomic mass is 16.5. The summed E-state index contributed by atoms with van der Waals surface area (Å²) in [5, 5.41) is 19.1. The van der Waals surface area contributed by atoms with Crippen LogP contribution in [0, 0.1) is 0 Å². The van der Waals surface area contributed by atoms with Crippen molar-refractivity contribution in [3.05, 3.63) is 90.6 Å². The molecule has 2 aromatic carbocycles. The van der Waals surface area contributed by atoms with E-state index in [-0.39, 0.29) is 5.91 Å². The molecule has 3 heterocycles. The number of ether oxygens (including phenoxy) is 1. The molecule has 0 atom stereocenters. The molecule has 0 unspecified atom stereocenters. The number of rotatable bonds is 6. The van der Waals surface area contributed by atoms with Crippen LogP contribution in [0.2, 0.25) is 0 Å². The molecule has 9 nitrogen and oxygen atoms in total. The Balaban J connectivity index is 1.43. The first-order valence-corrected chi connectivity index (χ1v) is 10.2. The molecule has 162 valence electrons. The van der Waals surface area contributed by atoms with Gasteiger partial charge in [-0.15, -0.1) is 15.3 Å². The van der Waals surface area contributed by atoms with Crippen molar-refractivity contribution in [3.8, 4) is 17.3 Å². The molecule has 0 fully saturated rings. The van der Waals surface area contributed by atoms with Gasteiger partial charge in [-0.25, -0.2) is 0 Å². The van der Waals surface area contributed by atoms with Crippen LogP contribution in [0.25, 0.3) is 17.2 Å². The van der Waals surface area contributed by atoms with Gasteiger partial charge in [-0.1, -0.05) is 24.3 Å². The lowest BCUT2D eigenvalue weighted by Gasteiger charge is -2.08. The van der Waals surface area contributed by atoms with Crippen molar-refractivity contribution >= 4 is 28.7 Å². The van der Waals surface area contributed by atoms with Crippen molar-refractivity contribution in [2.75, 3.05) is 17.7 Å². The summed E-state index contributed by atoms with van der Waals surface area (Å²) in [6.07, 6.45) is 1.56. The second kappa shape index (κ2) is 8.75. The number of para-hydroxylation sites is 1. The fourth-order valence-electron chi connectivity index (χ4n) is 3.28. The first-order valence-electron chi connectivity index (χ1n) is 10.2. The maximum atomic E-state index is 12.8. The molecule has 3 aromatic heterocycles. The highest BCUT2D eigenvalue weighted by molar-refractivity contribution is 6.04. The van der Waals surface area contributed by atoms with E-state index in [1.807, 2.05) is 54.6 Å². The zero-order valence-electron chi connectivity index (χ0n) is 17.6. The maximum absolute atomic E-state index is 12.8. The molecule has 0 aliphatic heterocycles. The van der Waals surface area contributed by atoms with Crippen LogP contribution in [0.1, 0.15) is 10.4 Å². The van der Waals surface area contributed by atoms with E-state index >= 15 is 0 Å². The van der Waals surface area contributed by atoms with Crippen LogP contribution < -0.4 is 15.4 Å². The molecule has 0 saturated carbocycles. The van der Waals surface area contributed by atoms with Gasteiger partial charge in [-0.05, 0) is 48.5 Å². The molecule has 0 saturated heterocycles. The summed E-state index contributed by atoms with van der Waals surface area (Å²) in [6.45, 7) is 0. The second-order valence-corrected chi connectivity index (χ2v) is 7.12. The second-order valence-electron chi connectivity index (χ2n) is 7.12. The highest BCUT2D eigenvalue weighted by Crippen LogP contribution is 2.21. The Kier molecular flexibility index (Phi) is 5.34. The van der Waals surface area contributed by atoms with E-state index in [1.165, 1.54) is 0 Å². The first kappa shape index (κ1) is 20.1. The number of pyridine rings is 1. The highest BCUT2D eigenvalue weighted by Gasteiger charge is 2.15. The third-order valence-corrected chi connectivity index (χ3v) is 4.89. The van der Waals surface area contributed by atoms with Gasteiger partial charge in [0.2, 0.25) is 5.82 Å². The SMILES string of the molecule is COc1cccc(NC(=O)c2ccnc(-c3nnc4ccc(Nc5ccccc5)nn34)c2)c1. The third-order valence-electron chi connectivity index (χ3n) is 4.89. The minimum Gasteiger partial charge on any atom is -0.497 e. The van der Waals surface area contributed by atoms with Crippen molar-refractivity contribution in [1.29, 1.82) is 0 Å². The number of anilines is 3. The van der Waals surface area contributed by atoms with E-state index in [2.05, 4.69) is 30.9 Å². The van der Waals surface area contributed by atoms with Gasteiger partial charge in [0, 0.05) is 29.2 Å². The van der Waals surface area contributed by atoms with Gasteiger partial charge in [0.05, 0.1) is 7.11 Å². The van der Waals surface area contributed by atoms with Crippen LogP contribution in [0.15, 0.2) is 85.1 Å². The van der Waals surface area contributed by atoms with Crippen LogP contribution in [0.3, 0.4) is 0 Å². The molecule has 1 amide bonds. The largest absolute Gasteiger partial charge is 0.497 e. The number of nitrogens with one attached hydrogen (secondary N) is 2. The van der Waals surface area contributed by atoms with E-state index in [1.54, 1.807) is 42.1 Å². The van der Waals surface area contributed by atoms with E-state index in [0.717, 1.165) is 5.69 Å². The van der Waals surface area contributed by atoms with Gasteiger partial charge in [-0.3, -0.25) is 9.78 Å². The molecule has 2 N–H and O–H groups in total. The number of hydrogen-bond donors (Lipinski definition) is 2. The van der Waals surface area contributed by atoms with Crippen LogP contribution in [0.4, 0.5) is 17.2 Å². The molecule has 9 heteroatoms. The van der Waals surface area contributed by atoms with Gasteiger partial charge in [0.15, 0.2) is 11.5 Å². The molecule has 5 aromatic rings. The van der Waals surface area contributed by atoms with Crippen LogP contribution >= 0.6 is 0 Å². The Bertz CT molecular complexity index is 1430. The van der Waals surface area contributed by atoms with Crippen LogP contribution in [-0.2, 0) is 0 Å². The lowest BCUT2D eigenvalue weighted by molar-refractivity contribution is 0.102. The molecule has 5 rings (SSSR count). The number of carbonyl (C=O) groups excluding carboxylic acids is 1. The monoisotopic (exact) mass is 437 g/mol. The normalized spacial score (nSPS) is 10.7. The summed E-state index contributed by atoms with van der Waals surface area (Å²) >= 11 is 0. The summed E-state index contributed by atoms with van der Waals surface area (Å²) in [4.78, 5) is 17.2. The Morgan fingerprint density at radius 2 is 1.76 bits per heavy atom. The predicted molar refractivity (Wildman–Crippen MR) is 125 cm³/mol. The summed E-state index contributed by atoms with van der Waals surface area (Å²) in [6, 6.07) is 23.8. The van der Waals surface area contributed by atoms with E-state index in [0.29, 0.717) is 40.0 Å². The Labute approximate surface area is 189 Å². The van der Waals surface area contributed by atoms with Crippen LogP contribution in [0.5, 0.6) is 5.75 Å². The van der Waals surface area contributed by atoms with Gasteiger partial charge in [0.25, 0.3) is 5.91 Å².